The lowest BCUT2D eigenvalue weighted by Gasteiger charge is -2.21. The van der Waals surface area contributed by atoms with Crippen LogP contribution in [0.5, 0.6) is 0 Å². The molecule has 0 aromatic heterocycles. The summed E-state index contributed by atoms with van der Waals surface area (Å²) >= 11 is 32.3. The summed E-state index contributed by atoms with van der Waals surface area (Å²) in [5.41, 5.74) is 1.86. The van der Waals surface area contributed by atoms with Gasteiger partial charge >= 0.3 is 0 Å². The maximum absolute atomic E-state index is 6.17. The Balaban J connectivity index is 4.67. The molecule has 16 heavy (non-hydrogen) atoms. The first-order valence-electron chi connectivity index (χ1n) is 4.22. The molecular weight excluding hydrogens is 377 g/mol. The zero-order chi connectivity index (χ0) is 12.8. The molecule has 2 atom stereocenters. The van der Waals surface area contributed by atoms with Crippen LogP contribution in [0.15, 0.2) is 34.3 Å². The van der Waals surface area contributed by atoms with Crippen LogP contribution in [0.25, 0.3) is 0 Å². The van der Waals surface area contributed by atoms with Gasteiger partial charge in [-0.25, -0.2) is 0 Å². The molecule has 0 spiro atoms. The number of halogens is 6. The second-order valence-electron chi connectivity index (χ2n) is 3.11. The molecule has 0 fully saturated rings. The zero-order valence-electron chi connectivity index (χ0n) is 8.31. The van der Waals surface area contributed by atoms with Crippen molar-refractivity contribution in [1.82, 2.24) is 0 Å². The van der Waals surface area contributed by atoms with E-state index in [0.717, 1.165) is 0 Å². The van der Waals surface area contributed by atoms with Crippen LogP contribution in [0, 0.1) is 0 Å². The number of hydrogen-bond acceptors (Lipinski definition) is 0. The lowest BCUT2D eigenvalue weighted by molar-refractivity contribution is 0.800. The van der Waals surface area contributed by atoms with Crippen LogP contribution in [0.4, 0.5) is 0 Å². The number of allylic oxidation sites excluding steroid dienone is 4. The van der Waals surface area contributed by atoms with Gasteiger partial charge in [-0.2, -0.15) is 0 Å². The fourth-order valence-corrected chi connectivity index (χ4v) is 2.34. The van der Waals surface area contributed by atoms with E-state index < -0.39 is 15.1 Å². The van der Waals surface area contributed by atoms with Gasteiger partial charge in [0.05, 0.1) is 10.3 Å². The van der Waals surface area contributed by atoms with E-state index in [0.29, 0.717) is 5.57 Å². The average Bonchev–Trinajstić information content (AvgIpc) is 2.17. The van der Waals surface area contributed by atoms with Crippen LogP contribution < -0.4 is 0 Å². The third-order valence-corrected chi connectivity index (χ3v) is 3.86. The standard InChI is InChI=1S/C10H10BrCl5/c1-10(16,4-5-11)8(13)3-2-7(6-12)9(14)15/h2-6,8-9H,1H3/b3-2+,5-4+,7-6?/t8-,10-/m0/s1. The average molecular weight is 387 g/mol. The fourth-order valence-electron chi connectivity index (χ4n) is 0.756. The molecule has 0 aromatic rings. The Morgan fingerprint density at radius 2 is 1.88 bits per heavy atom. The minimum atomic E-state index is -0.701. The van der Waals surface area contributed by atoms with Gasteiger partial charge < -0.3 is 0 Å². The Kier molecular flexibility index (Phi) is 8.88. The van der Waals surface area contributed by atoms with Crippen molar-refractivity contribution in [2.45, 2.75) is 22.0 Å². The first-order valence-corrected chi connectivity index (χ1v) is 7.26. The van der Waals surface area contributed by atoms with Gasteiger partial charge in [0.1, 0.15) is 4.84 Å². The third kappa shape index (κ3) is 6.18. The van der Waals surface area contributed by atoms with E-state index in [4.69, 9.17) is 58.0 Å². The maximum atomic E-state index is 6.17. The van der Waals surface area contributed by atoms with Crippen LogP contribution in [0.3, 0.4) is 0 Å². The molecule has 0 saturated heterocycles. The van der Waals surface area contributed by atoms with Crippen molar-refractivity contribution in [3.05, 3.63) is 34.3 Å². The lowest BCUT2D eigenvalue weighted by atomic mass is 10.1. The van der Waals surface area contributed by atoms with Gasteiger partial charge in [0.25, 0.3) is 0 Å². The highest BCUT2D eigenvalue weighted by Crippen LogP contribution is 2.28. The van der Waals surface area contributed by atoms with Gasteiger partial charge in [0.15, 0.2) is 0 Å². The molecule has 0 heterocycles. The molecule has 0 aliphatic heterocycles. The van der Waals surface area contributed by atoms with Gasteiger partial charge in [-0.15, -0.1) is 46.4 Å². The summed E-state index contributed by atoms with van der Waals surface area (Å²) in [4.78, 5) is 0.270. The normalized spacial score (nSPS) is 19.6. The van der Waals surface area contributed by atoms with E-state index >= 15 is 0 Å². The highest BCUT2D eigenvalue weighted by molar-refractivity contribution is 9.11. The Morgan fingerprint density at radius 3 is 2.25 bits per heavy atom. The molecule has 0 radical (unpaired) electrons. The molecule has 0 aliphatic rings. The summed E-state index contributed by atoms with van der Waals surface area (Å²) in [5.74, 6) is 0. The smallest absolute Gasteiger partial charge is 0.116 e. The number of hydrogen-bond donors (Lipinski definition) is 0. The van der Waals surface area contributed by atoms with Gasteiger partial charge in [0.2, 0.25) is 0 Å². The van der Waals surface area contributed by atoms with Gasteiger partial charge in [-0.1, -0.05) is 45.8 Å². The zero-order valence-corrected chi connectivity index (χ0v) is 13.7. The van der Waals surface area contributed by atoms with Crippen molar-refractivity contribution < 1.29 is 0 Å². The molecule has 0 aliphatic carbocycles. The first kappa shape index (κ1) is 17.2. The van der Waals surface area contributed by atoms with E-state index in [-0.39, 0.29) is 0 Å². The Bertz CT molecular complexity index is 294. The van der Waals surface area contributed by atoms with Crippen LogP contribution >= 0.6 is 73.9 Å². The monoisotopic (exact) mass is 384 g/mol. The predicted molar refractivity (Wildman–Crippen MR) is 80.5 cm³/mol. The van der Waals surface area contributed by atoms with Crippen molar-refractivity contribution in [2.75, 3.05) is 0 Å². The van der Waals surface area contributed by atoms with Crippen molar-refractivity contribution in [2.24, 2.45) is 0 Å². The highest BCUT2D eigenvalue weighted by Gasteiger charge is 2.25. The second kappa shape index (κ2) is 8.29. The first-order chi connectivity index (χ1) is 7.35. The minimum absolute atomic E-state index is 0.415. The Labute approximate surface area is 129 Å². The number of rotatable bonds is 5. The molecule has 0 amide bonds. The Morgan fingerprint density at radius 1 is 1.31 bits per heavy atom. The summed E-state index contributed by atoms with van der Waals surface area (Å²) in [5, 5.41) is -0.415. The lowest BCUT2D eigenvalue weighted by Crippen LogP contribution is -2.24. The predicted octanol–water partition coefficient (Wildman–Crippen LogP) is 5.98. The van der Waals surface area contributed by atoms with Crippen molar-refractivity contribution in [3.8, 4) is 0 Å². The van der Waals surface area contributed by atoms with Gasteiger partial charge in [-0.3, -0.25) is 0 Å². The minimum Gasteiger partial charge on any atom is -0.116 e. The van der Waals surface area contributed by atoms with Crippen LogP contribution in [0.2, 0.25) is 0 Å². The molecule has 0 unspecified atom stereocenters. The van der Waals surface area contributed by atoms with Crippen molar-refractivity contribution in [1.29, 1.82) is 0 Å². The largest absolute Gasteiger partial charge is 0.133 e. The van der Waals surface area contributed by atoms with Gasteiger partial charge in [-0.05, 0) is 17.5 Å². The number of alkyl halides is 4. The summed E-state index contributed by atoms with van der Waals surface area (Å²) < 4.78 is 0. The van der Waals surface area contributed by atoms with Crippen LogP contribution in [-0.4, -0.2) is 15.1 Å². The van der Waals surface area contributed by atoms with E-state index in [9.17, 15) is 0 Å². The molecule has 92 valence electrons. The summed E-state index contributed by atoms with van der Waals surface area (Å²) in [7, 11) is 0. The van der Waals surface area contributed by atoms with E-state index in [2.05, 4.69) is 15.9 Å². The summed E-state index contributed by atoms with van der Waals surface area (Å²) in [6.07, 6.45) is 5.07. The van der Waals surface area contributed by atoms with Gasteiger partial charge in [0, 0.05) is 5.54 Å². The third-order valence-electron chi connectivity index (χ3n) is 1.76. The van der Waals surface area contributed by atoms with Crippen LogP contribution in [-0.2, 0) is 0 Å². The SMILES string of the molecule is C[C@](Cl)(/C=C/Br)[C@@H](Cl)/C=C/C(=CCl)C(Cl)Cl. The van der Waals surface area contributed by atoms with E-state index in [1.165, 1.54) is 5.54 Å². The molecule has 0 saturated carbocycles. The van der Waals surface area contributed by atoms with Crippen LogP contribution in [0.1, 0.15) is 6.92 Å². The topological polar surface area (TPSA) is 0 Å². The highest BCUT2D eigenvalue weighted by atomic mass is 79.9. The van der Waals surface area contributed by atoms with Crippen molar-refractivity contribution in [3.63, 3.8) is 0 Å². The second-order valence-corrected chi connectivity index (χ2v) is 6.24. The molecular formula is C10H10BrCl5. The Hall–Kier alpha value is 1.15. The van der Waals surface area contributed by atoms with Crippen molar-refractivity contribution >= 4 is 73.9 Å². The summed E-state index contributed by atoms with van der Waals surface area (Å²) in [6.45, 7) is 1.79. The molecule has 0 nitrogen and oxygen atoms in total. The maximum Gasteiger partial charge on any atom is 0.133 e. The molecule has 0 aromatic carbocycles. The molecule has 0 bridgehead atoms. The van der Waals surface area contributed by atoms with E-state index in [1.807, 2.05) is 0 Å². The van der Waals surface area contributed by atoms with E-state index in [1.54, 1.807) is 30.1 Å². The molecule has 0 N–H and O–H groups in total. The quantitative estimate of drug-likeness (QED) is 0.402. The molecule has 6 heteroatoms. The molecule has 0 rings (SSSR count). The summed E-state index contributed by atoms with van der Waals surface area (Å²) in [6, 6.07) is 0. The fraction of sp³-hybridized carbons (Fsp3) is 0.400.